The fraction of sp³-hybridized carbons (Fsp3) is 0.250. The number of nitrogens with zero attached hydrogens (tertiary/aromatic N) is 5. The first kappa shape index (κ1) is 17.9. The molecule has 0 radical (unpaired) electrons. The van der Waals surface area contributed by atoms with Gasteiger partial charge in [-0.1, -0.05) is 30.0 Å². The fourth-order valence-electron chi connectivity index (χ4n) is 2.36. The van der Waals surface area contributed by atoms with Crippen LogP contribution in [0.1, 0.15) is 17.0 Å². The lowest BCUT2D eigenvalue weighted by Crippen LogP contribution is -2.25. The molecule has 0 fully saturated rings. The van der Waals surface area contributed by atoms with Crippen LogP contribution in [0.5, 0.6) is 0 Å². The normalized spacial score (nSPS) is 10.9. The molecule has 2 aromatic heterocycles. The van der Waals surface area contributed by atoms with Gasteiger partial charge in [0.1, 0.15) is 5.82 Å². The van der Waals surface area contributed by atoms with Gasteiger partial charge in [0.2, 0.25) is 11.1 Å². The molecule has 0 bridgehead atoms. The topological polar surface area (TPSA) is 104 Å². The second-order valence-corrected chi connectivity index (χ2v) is 6.59. The zero-order valence-electron chi connectivity index (χ0n) is 14.3. The number of hydrogen-bond donors (Lipinski definition) is 2. The summed E-state index contributed by atoms with van der Waals surface area (Å²) in [4.78, 5) is 12.0. The van der Waals surface area contributed by atoms with E-state index in [0.29, 0.717) is 16.7 Å². The Hall–Kier alpha value is -2.88. The first-order valence-electron chi connectivity index (χ1n) is 7.82. The maximum atomic E-state index is 13.5. The van der Waals surface area contributed by atoms with Gasteiger partial charge in [0.15, 0.2) is 0 Å². The maximum Gasteiger partial charge on any atom is 0.271 e. The first-order chi connectivity index (χ1) is 12.5. The average Bonchev–Trinajstić information content (AvgIpc) is 3.13. The fourth-order valence-corrected chi connectivity index (χ4v) is 3.04. The van der Waals surface area contributed by atoms with Crippen LogP contribution in [0.2, 0.25) is 0 Å². The van der Waals surface area contributed by atoms with Gasteiger partial charge in [0, 0.05) is 17.8 Å². The standard InChI is InChI=1S/C16H18FN7OS/c1-10-7-11(2)24(22-10)15-20-21-16(23(15)18)26-9-14(25)19-8-12-5-3-4-6-13(12)17/h3-7H,8-9,18H2,1-2H3,(H,19,25). The van der Waals surface area contributed by atoms with Crippen molar-refractivity contribution in [2.24, 2.45) is 0 Å². The van der Waals surface area contributed by atoms with Crippen molar-refractivity contribution in [1.82, 2.24) is 30.0 Å². The van der Waals surface area contributed by atoms with Gasteiger partial charge in [-0.3, -0.25) is 4.79 Å². The highest BCUT2D eigenvalue weighted by atomic mass is 32.2. The van der Waals surface area contributed by atoms with Crippen molar-refractivity contribution in [3.8, 4) is 5.95 Å². The Kier molecular flexibility index (Phi) is 5.21. The summed E-state index contributed by atoms with van der Waals surface area (Å²) in [5.74, 6) is 5.86. The van der Waals surface area contributed by atoms with Crippen molar-refractivity contribution in [1.29, 1.82) is 0 Å². The molecule has 26 heavy (non-hydrogen) atoms. The lowest BCUT2D eigenvalue weighted by molar-refractivity contribution is -0.118. The van der Waals surface area contributed by atoms with E-state index in [1.807, 2.05) is 19.9 Å². The Labute approximate surface area is 153 Å². The molecule has 10 heteroatoms. The molecule has 136 valence electrons. The Bertz CT molecular complexity index is 937. The predicted molar refractivity (Wildman–Crippen MR) is 95.7 cm³/mol. The third-order valence-corrected chi connectivity index (χ3v) is 4.55. The zero-order valence-corrected chi connectivity index (χ0v) is 15.1. The zero-order chi connectivity index (χ0) is 18.7. The molecule has 3 N–H and O–H groups in total. The van der Waals surface area contributed by atoms with Crippen molar-refractivity contribution in [3.63, 3.8) is 0 Å². The molecule has 3 aromatic rings. The number of nitrogens with one attached hydrogen (secondary N) is 1. The smallest absolute Gasteiger partial charge is 0.271 e. The molecule has 0 unspecified atom stereocenters. The summed E-state index contributed by atoms with van der Waals surface area (Å²) in [7, 11) is 0. The molecule has 0 spiro atoms. The van der Waals surface area contributed by atoms with Crippen molar-refractivity contribution in [2.45, 2.75) is 25.5 Å². The highest BCUT2D eigenvalue weighted by Crippen LogP contribution is 2.17. The molecule has 0 aliphatic heterocycles. The third-order valence-electron chi connectivity index (χ3n) is 3.61. The van der Waals surface area contributed by atoms with Crippen LogP contribution in [0.25, 0.3) is 5.95 Å². The van der Waals surface area contributed by atoms with E-state index in [1.165, 1.54) is 10.7 Å². The maximum absolute atomic E-state index is 13.5. The van der Waals surface area contributed by atoms with E-state index in [9.17, 15) is 9.18 Å². The summed E-state index contributed by atoms with van der Waals surface area (Å²) in [6.45, 7) is 3.88. The van der Waals surface area contributed by atoms with Gasteiger partial charge in [0.25, 0.3) is 5.95 Å². The number of nitrogen functional groups attached to an aromatic ring is 1. The SMILES string of the molecule is Cc1cc(C)n(-c2nnc(SCC(=O)NCc3ccccc3F)n2N)n1. The number of rotatable bonds is 6. The van der Waals surface area contributed by atoms with E-state index in [0.717, 1.165) is 23.1 Å². The number of benzene rings is 1. The molecule has 3 rings (SSSR count). The number of nitrogens with two attached hydrogens (primary N) is 1. The molecular formula is C16H18FN7OS. The molecule has 0 atom stereocenters. The van der Waals surface area contributed by atoms with Crippen LogP contribution in [-0.2, 0) is 11.3 Å². The summed E-state index contributed by atoms with van der Waals surface area (Å²) >= 11 is 1.14. The molecule has 0 saturated heterocycles. The molecule has 1 amide bonds. The molecule has 8 nitrogen and oxygen atoms in total. The number of amides is 1. The summed E-state index contributed by atoms with van der Waals surface area (Å²) < 4.78 is 16.4. The van der Waals surface area contributed by atoms with Gasteiger partial charge in [-0.2, -0.15) is 5.10 Å². The highest BCUT2D eigenvalue weighted by Gasteiger charge is 2.16. The molecule has 2 heterocycles. The van der Waals surface area contributed by atoms with Crippen molar-refractivity contribution in [2.75, 3.05) is 11.6 Å². The second kappa shape index (κ2) is 7.56. The van der Waals surface area contributed by atoms with E-state index in [-0.39, 0.29) is 24.0 Å². The average molecular weight is 375 g/mol. The van der Waals surface area contributed by atoms with Crippen LogP contribution in [0, 0.1) is 19.7 Å². The van der Waals surface area contributed by atoms with E-state index in [2.05, 4.69) is 20.6 Å². The van der Waals surface area contributed by atoms with Gasteiger partial charge in [0.05, 0.1) is 11.4 Å². The Morgan fingerprint density at radius 3 is 2.77 bits per heavy atom. The van der Waals surface area contributed by atoms with Gasteiger partial charge in [-0.05, 0) is 26.0 Å². The first-order valence-corrected chi connectivity index (χ1v) is 8.81. The highest BCUT2D eigenvalue weighted by molar-refractivity contribution is 7.99. The predicted octanol–water partition coefficient (Wildman–Crippen LogP) is 1.34. The van der Waals surface area contributed by atoms with E-state index in [1.54, 1.807) is 22.9 Å². The van der Waals surface area contributed by atoms with Crippen LogP contribution in [0.4, 0.5) is 4.39 Å². The van der Waals surface area contributed by atoms with Gasteiger partial charge in [-0.25, -0.2) is 13.7 Å². The van der Waals surface area contributed by atoms with Crippen molar-refractivity contribution < 1.29 is 9.18 Å². The van der Waals surface area contributed by atoms with Crippen molar-refractivity contribution >= 4 is 17.7 Å². The van der Waals surface area contributed by atoms with Gasteiger partial charge in [-0.15, -0.1) is 10.2 Å². The monoisotopic (exact) mass is 375 g/mol. The van der Waals surface area contributed by atoms with Gasteiger partial charge >= 0.3 is 0 Å². The number of hydrogen-bond acceptors (Lipinski definition) is 6. The summed E-state index contributed by atoms with van der Waals surface area (Å²) in [5, 5.41) is 15.4. The molecule has 0 saturated carbocycles. The van der Waals surface area contributed by atoms with Crippen LogP contribution in [-0.4, -0.2) is 36.3 Å². The Morgan fingerprint density at radius 2 is 2.08 bits per heavy atom. The number of aryl methyl sites for hydroxylation is 2. The number of carbonyl (C=O) groups is 1. The van der Waals surface area contributed by atoms with Crippen LogP contribution < -0.4 is 11.2 Å². The number of halogens is 1. The quantitative estimate of drug-likeness (QED) is 0.498. The lowest BCUT2D eigenvalue weighted by atomic mass is 10.2. The van der Waals surface area contributed by atoms with E-state index < -0.39 is 0 Å². The Balaban J connectivity index is 1.59. The molecule has 0 aliphatic rings. The second-order valence-electron chi connectivity index (χ2n) is 5.65. The Morgan fingerprint density at radius 1 is 1.31 bits per heavy atom. The summed E-state index contributed by atoms with van der Waals surface area (Å²) in [5.41, 5.74) is 2.15. The molecule has 0 aliphatic carbocycles. The number of aromatic nitrogens is 5. The van der Waals surface area contributed by atoms with Crippen LogP contribution in [0.3, 0.4) is 0 Å². The van der Waals surface area contributed by atoms with Gasteiger partial charge < -0.3 is 11.2 Å². The number of carbonyl (C=O) groups excluding carboxylic acids is 1. The minimum absolute atomic E-state index is 0.0842. The minimum Gasteiger partial charge on any atom is -0.351 e. The third kappa shape index (κ3) is 3.85. The lowest BCUT2D eigenvalue weighted by Gasteiger charge is -2.06. The van der Waals surface area contributed by atoms with Crippen LogP contribution >= 0.6 is 11.8 Å². The minimum atomic E-state index is -0.350. The van der Waals surface area contributed by atoms with E-state index >= 15 is 0 Å². The van der Waals surface area contributed by atoms with E-state index in [4.69, 9.17) is 5.84 Å². The van der Waals surface area contributed by atoms with Crippen molar-refractivity contribution in [3.05, 3.63) is 53.1 Å². The molecular weight excluding hydrogens is 357 g/mol. The summed E-state index contributed by atoms with van der Waals surface area (Å²) in [6.07, 6.45) is 0. The summed E-state index contributed by atoms with van der Waals surface area (Å²) in [6, 6.07) is 8.20. The van der Waals surface area contributed by atoms with Crippen LogP contribution in [0.15, 0.2) is 35.5 Å². The largest absolute Gasteiger partial charge is 0.351 e. The molecule has 1 aromatic carbocycles. The number of thioether (sulfide) groups is 1.